The predicted octanol–water partition coefficient (Wildman–Crippen LogP) is 2.66. The van der Waals surface area contributed by atoms with Crippen molar-refractivity contribution in [2.24, 2.45) is 5.92 Å². The van der Waals surface area contributed by atoms with Gasteiger partial charge >= 0.3 is 0 Å². The molecule has 18 heavy (non-hydrogen) atoms. The Bertz CT molecular complexity index is 400. The van der Waals surface area contributed by atoms with E-state index in [4.69, 9.17) is 11.6 Å². The summed E-state index contributed by atoms with van der Waals surface area (Å²) in [6.45, 7) is 2.35. The molecule has 1 heterocycles. The molecule has 1 aromatic rings. The molecule has 2 N–H and O–H groups in total. The lowest BCUT2D eigenvalue weighted by molar-refractivity contribution is 0.222. The normalized spacial score (nSPS) is 23.3. The molecule has 1 aliphatic rings. The van der Waals surface area contributed by atoms with Crippen molar-refractivity contribution in [3.8, 4) is 0 Å². The number of rotatable bonds is 5. The third-order valence-corrected chi connectivity index (χ3v) is 3.93. The first-order chi connectivity index (χ1) is 8.76. The van der Waals surface area contributed by atoms with Gasteiger partial charge in [-0.15, -0.1) is 0 Å². The highest BCUT2D eigenvalue weighted by molar-refractivity contribution is 6.30. The minimum Gasteiger partial charge on any atom is -0.396 e. The van der Waals surface area contributed by atoms with Gasteiger partial charge < -0.3 is 10.4 Å². The Morgan fingerprint density at radius 3 is 3.00 bits per heavy atom. The predicted molar refractivity (Wildman–Crippen MR) is 72.9 cm³/mol. The van der Waals surface area contributed by atoms with Crippen LogP contribution in [0.15, 0.2) is 6.33 Å². The van der Waals surface area contributed by atoms with Crippen molar-refractivity contribution in [2.75, 3.05) is 11.9 Å². The SMILES string of the molecule is CCCc1c(Cl)ncnc1NC1CCCC1CO. The average Bonchev–Trinajstić information content (AvgIpc) is 2.81. The molecule has 0 amide bonds. The van der Waals surface area contributed by atoms with Crippen LogP contribution < -0.4 is 5.32 Å². The van der Waals surface area contributed by atoms with Crippen LogP contribution in [0.5, 0.6) is 0 Å². The van der Waals surface area contributed by atoms with Gasteiger partial charge in [0, 0.05) is 24.1 Å². The van der Waals surface area contributed by atoms with Crippen molar-refractivity contribution in [2.45, 2.75) is 45.1 Å². The number of hydrogen-bond acceptors (Lipinski definition) is 4. The first-order valence-electron chi connectivity index (χ1n) is 6.63. The lowest BCUT2D eigenvalue weighted by Crippen LogP contribution is -2.27. The Hall–Kier alpha value is -0.870. The maximum Gasteiger partial charge on any atom is 0.137 e. The second-order valence-corrected chi connectivity index (χ2v) is 5.22. The fourth-order valence-corrected chi connectivity index (χ4v) is 2.84. The van der Waals surface area contributed by atoms with E-state index in [9.17, 15) is 5.11 Å². The molecule has 4 nitrogen and oxygen atoms in total. The van der Waals surface area contributed by atoms with E-state index < -0.39 is 0 Å². The van der Waals surface area contributed by atoms with Gasteiger partial charge in [-0.25, -0.2) is 9.97 Å². The van der Waals surface area contributed by atoms with Crippen molar-refractivity contribution >= 4 is 17.4 Å². The molecular formula is C13H20ClN3O. The highest BCUT2D eigenvalue weighted by Gasteiger charge is 2.27. The van der Waals surface area contributed by atoms with E-state index in [1.165, 1.54) is 6.33 Å². The summed E-state index contributed by atoms with van der Waals surface area (Å²) in [6.07, 6.45) is 6.69. The molecule has 0 aromatic carbocycles. The molecular weight excluding hydrogens is 250 g/mol. The molecule has 1 aliphatic carbocycles. The van der Waals surface area contributed by atoms with E-state index >= 15 is 0 Å². The van der Waals surface area contributed by atoms with Gasteiger partial charge in [-0.3, -0.25) is 0 Å². The van der Waals surface area contributed by atoms with Crippen LogP contribution in [-0.4, -0.2) is 27.7 Å². The number of nitrogens with one attached hydrogen (secondary N) is 1. The van der Waals surface area contributed by atoms with Crippen LogP contribution in [0.4, 0.5) is 5.82 Å². The lowest BCUT2D eigenvalue weighted by atomic mass is 10.0. The van der Waals surface area contributed by atoms with Gasteiger partial charge in [-0.05, 0) is 19.3 Å². The van der Waals surface area contributed by atoms with Crippen molar-refractivity contribution in [1.29, 1.82) is 0 Å². The third kappa shape index (κ3) is 2.93. The maximum atomic E-state index is 9.34. The molecule has 100 valence electrons. The molecule has 0 bridgehead atoms. The molecule has 0 radical (unpaired) electrons. The summed E-state index contributed by atoms with van der Waals surface area (Å²) in [6, 6.07) is 0.302. The molecule has 2 rings (SSSR count). The van der Waals surface area contributed by atoms with E-state index in [1.54, 1.807) is 0 Å². The fourth-order valence-electron chi connectivity index (χ4n) is 2.61. The Balaban J connectivity index is 2.15. The number of nitrogens with zero attached hydrogens (tertiary/aromatic N) is 2. The summed E-state index contributed by atoms with van der Waals surface area (Å²) in [4.78, 5) is 8.34. The minimum absolute atomic E-state index is 0.236. The van der Waals surface area contributed by atoms with Crippen molar-refractivity contribution in [3.05, 3.63) is 17.0 Å². The van der Waals surface area contributed by atoms with Crippen LogP contribution in [0.2, 0.25) is 5.15 Å². The lowest BCUT2D eigenvalue weighted by Gasteiger charge is -2.21. The van der Waals surface area contributed by atoms with Gasteiger partial charge in [0.1, 0.15) is 17.3 Å². The van der Waals surface area contributed by atoms with Gasteiger partial charge in [0.25, 0.3) is 0 Å². The van der Waals surface area contributed by atoms with Crippen LogP contribution >= 0.6 is 11.6 Å². The topological polar surface area (TPSA) is 58.0 Å². The van der Waals surface area contributed by atoms with Crippen molar-refractivity contribution in [1.82, 2.24) is 9.97 Å². The monoisotopic (exact) mass is 269 g/mol. The smallest absolute Gasteiger partial charge is 0.137 e. The van der Waals surface area contributed by atoms with E-state index in [1.807, 2.05) is 0 Å². The fraction of sp³-hybridized carbons (Fsp3) is 0.692. The second-order valence-electron chi connectivity index (χ2n) is 4.87. The highest BCUT2D eigenvalue weighted by Crippen LogP contribution is 2.30. The number of anilines is 1. The van der Waals surface area contributed by atoms with E-state index in [2.05, 4.69) is 22.2 Å². The summed E-state index contributed by atoms with van der Waals surface area (Å²) < 4.78 is 0. The van der Waals surface area contributed by atoms with Gasteiger partial charge in [-0.1, -0.05) is 31.4 Å². The van der Waals surface area contributed by atoms with Gasteiger partial charge in [0.2, 0.25) is 0 Å². The number of aliphatic hydroxyl groups excluding tert-OH is 1. The standard InChI is InChI=1S/C13H20ClN3O/c1-2-4-10-12(14)15-8-16-13(10)17-11-6-3-5-9(11)7-18/h8-9,11,18H,2-7H2,1H3,(H,15,16,17). The molecule has 1 fully saturated rings. The van der Waals surface area contributed by atoms with Crippen LogP contribution in [0, 0.1) is 5.92 Å². The van der Waals surface area contributed by atoms with Crippen molar-refractivity contribution in [3.63, 3.8) is 0 Å². The first-order valence-corrected chi connectivity index (χ1v) is 7.00. The Morgan fingerprint density at radius 1 is 1.44 bits per heavy atom. The summed E-state index contributed by atoms with van der Waals surface area (Å²) in [5.41, 5.74) is 0.991. The zero-order valence-electron chi connectivity index (χ0n) is 10.7. The van der Waals surface area contributed by atoms with E-state index in [-0.39, 0.29) is 6.61 Å². The minimum atomic E-state index is 0.236. The third-order valence-electron chi connectivity index (χ3n) is 3.61. The quantitative estimate of drug-likeness (QED) is 0.807. The zero-order valence-corrected chi connectivity index (χ0v) is 11.5. The van der Waals surface area contributed by atoms with Crippen molar-refractivity contribution < 1.29 is 5.11 Å². The molecule has 1 saturated carbocycles. The molecule has 2 atom stereocenters. The zero-order chi connectivity index (χ0) is 13.0. The van der Waals surface area contributed by atoms with E-state index in [0.29, 0.717) is 17.1 Å². The first kappa shape index (κ1) is 13.6. The van der Waals surface area contributed by atoms with Crippen LogP contribution in [0.3, 0.4) is 0 Å². The Labute approximate surface area is 113 Å². The molecule has 1 aromatic heterocycles. The highest BCUT2D eigenvalue weighted by atomic mass is 35.5. The van der Waals surface area contributed by atoms with Crippen LogP contribution in [0.1, 0.15) is 38.2 Å². The molecule has 0 aliphatic heterocycles. The summed E-state index contributed by atoms with van der Waals surface area (Å²) in [5, 5.41) is 13.3. The number of aliphatic hydroxyl groups is 1. The van der Waals surface area contributed by atoms with Crippen LogP contribution in [-0.2, 0) is 6.42 Å². The largest absolute Gasteiger partial charge is 0.396 e. The second kappa shape index (κ2) is 6.34. The molecule has 5 heteroatoms. The maximum absolute atomic E-state index is 9.34. The molecule has 0 saturated heterocycles. The number of halogens is 1. The van der Waals surface area contributed by atoms with E-state index in [0.717, 1.165) is 43.5 Å². The average molecular weight is 270 g/mol. The van der Waals surface area contributed by atoms with Gasteiger partial charge in [0.05, 0.1) is 0 Å². The Kier molecular flexibility index (Phi) is 4.78. The summed E-state index contributed by atoms with van der Waals surface area (Å²) in [5.74, 6) is 1.16. The Morgan fingerprint density at radius 2 is 2.28 bits per heavy atom. The van der Waals surface area contributed by atoms with Gasteiger partial charge in [-0.2, -0.15) is 0 Å². The number of hydrogen-bond donors (Lipinski definition) is 2. The summed E-state index contributed by atoms with van der Waals surface area (Å²) in [7, 11) is 0. The van der Waals surface area contributed by atoms with Gasteiger partial charge in [0.15, 0.2) is 0 Å². The molecule has 0 spiro atoms. The molecule has 2 unspecified atom stereocenters. The summed E-state index contributed by atoms with van der Waals surface area (Å²) >= 11 is 6.12. The number of aromatic nitrogens is 2. The van der Waals surface area contributed by atoms with Crippen LogP contribution in [0.25, 0.3) is 0 Å².